The number of halogens is 1. The standard InChI is InChI=1S/C14H13ClN4O/c1-8(20-10-4-2-3-9(15)7-10)13-17-11-5-6-12(16)18-14(11)19-13/h2-8H,1H3,(H3,16,17,18,19). The smallest absolute Gasteiger partial charge is 0.179 e. The van der Waals surface area contributed by atoms with Gasteiger partial charge in [-0.2, -0.15) is 0 Å². The molecule has 5 nitrogen and oxygen atoms in total. The molecule has 3 rings (SSSR count). The second kappa shape index (κ2) is 5.02. The maximum atomic E-state index is 5.93. The van der Waals surface area contributed by atoms with Crippen LogP contribution in [0.15, 0.2) is 36.4 Å². The van der Waals surface area contributed by atoms with E-state index < -0.39 is 0 Å². The van der Waals surface area contributed by atoms with E-state index in [0.717, 1.165) is 5.52 Å². The van der Waals surface area contributed by atoms with Gasteiger partial charge in [0.25, 0.3) is 0 Å². The van der Waals surface area contributed by atoms with Crippen molar-refractivity contribution in [2.45, 2.75) is 13.0 Å². The molecule has 0 saturated heterocycles. The molecular formula is C14H13ClN4O. The van der Waals surface area contributed by atoms with Gasteiger partial charge in [0, 0.05) is 5.02 Å². The van der Waals surface area contributed by atoms with Crippen LogP contribution >= 0.6 is 11.6 Å². The lowest BCUT2D eigenvalue weighted by molar-refractivity contribution is 0.218. The number of nitrogens with one attached hydrogen (secondary N) is 1. The molecule has 0 saturated carbocycles. The van der Waals surface area contributed by atoms with Gasteiger partial charge in [-0.05, 0) is 37.3 Å². The van der Waals surface area contributed by atoms with E-state index >= 15 is 0 Å². The topological polar surface area (TPSA) is 76.8 Å². The largest absolute Gasteiger partial charge is 0.483 e. The van der Waals surface area contributed by atoms with Crippen molar-refractivity contribution in [2.24, 2.45) is 0 Å². The van der Waals surface area contributed by atoms with Crippen LogP contribution in [0.25, 0.3) is 11.2 Å². The minimum atomic E-state index is -0.246. The third-order valence-corrected chi connectivity index (χ3v) is 3.11. The number of anilines is 1. The molecule has 0 aliphatic heterocycles. The number of hydrogen-bond donors (Lipinski definition) is 2. The highest BCUT2D eigenvalue weighted by Gasteiger charge is 2.13. The SMILES string of the molecule is CC(Oc1cccc(Cl)c1)c1nc2nc(N)ccc2[nH]1. The van der Waals surface area contributed by atoms with E-state index in [9.17, 15) is 0 Å². The summed E-state index contributed by atoms with van der Waals surface area (Å²) >= 11 is 5.93. The Kier molecular flexibility index (Phi) is 3.20. The third-order valence-electron chi connectivity index (χ3n) is 2.88. The van der Waals surface area contributed by atoms with Gasteiger partial charge >= 0.3 is 0 Å². The molecule has 3 N–H and O–H groups in total. The van der Waals surface area contributed by atoms with E-state index in [1.165, 1.54) is 0 Å². The van der Waals surface area contributed by atoms with Gasteiger partial charge in [0.15, 0.2) is 11.8 Å². The zero-order chi connectivity index (χ0) is 14.1. The molecule has 6 heteroatoms. The number of H-pyrrole nitrogens is 1. The number of aromatic amines is 1. The molecular weight excluding hydrogens is 276 g/mol. The van der Waals surface area contributed by atoms with Gasteiger partial charge in [-0.15, -0.1) is 0 Å². The molecule has 0 fully saturated rings. The summed E-state index contributed by atoms with van der Waals surface area (Å²) in [6, 6.07) is 10.8. The molecule has 1 aromatic carbocycles. The Bertz CT molecular complexity index is 756. The van der Waals surface area contributed by atoms with Gasteiger partial charge in [-0.1, -0.05) is 17.7 Å². The fourth-order valence-electron chi connectivity index (χ4n) is 1.92. The fraction of sp³-hybridized carbons (Fsp3) is 0.143. The van der Waals surface area contributed by atoms with E-state index in [0.29, 0.717) is 28.1 Å². The second-order valence-corrected chi connectivity index (χ2v) is 4.88. The van der Waals surface area contributed by atoms with Crippen LogP contribution in [0.2, 0.25) is 5.02 Å². The predicted molar refractivity (Wildman–Crippen MR) is 78.8 cm³/mol. The van der Waals surface area contributed by atoms with Gasteiger partial charge in [0.05, 0.1) is 5.52 Å². The van der Waals surface area contributed by atoms with E-state index in [2.05, 4.69) is 15.0 Å². The summed E-state index contributed by atoms with van der Waals surface area (Å²) in [7, 11) is 0. The number of benzene rings is 1. The maximum absolute atomic E-state index is 5.93. The molecule has 0 aliphatic rings. The van der Waals surface area contributed by atoms with E-state index in [1.54, 1.807) is 18.2 Å². The number of rotatable bonds is 3. The molecule has 0 aliphatic carbocycles. The number of pyridine rings is 1. The monoisotopic (exact) mass is 288 g/mol. The van der Waals surface area contributed by atoms with Crippen LogP contribution in [-0.2, 0) is 0 Å². The number of nitrogens with zero attached hydrogens (tertiary/aromatic N) is 2. The van der Waals surface area contributed by atoms with Crippen molar-refractivity contribution >= 4 is 28.6 Å². The highest BCUT2D eigenvalue weighted by atomic mass is 35.5. The first-order valence-electron chi connectivity index (χ1n) is 6.16. The highest BCUT2D eigenvalue weighted by Crippen LogP contribution is 2.24. The summed E-state index contributed by atoms with van der Waals surface area (Å²) in [5.74, 6) is 1.83. The van der Waals surface area contributed by atoms with Gasteiger partial charge in [-0.25, -0.2) is 9.97 Å². The average Bonchev–Trinajstić information content (AvgIpc) is 2.81. The van der Waals surface area contributed by atoms with Gasteiger partial charge in [0.2, 0.25) is 0 Å². The Balaban J connectivity index is 1.86. The van der Waals surface area contributed by atoms with Crippen LogP contribution in [0.3, 0.4) is 0 Å². The van der Waals surface area contributed by atoms with Gasteiger partial charge in [0.1, 0.15) is 17.4 Å². The highest BCUT2D eigenvalue weighted by molar-refractivity contribution is 6.30. The molecule has 20 heavy (non-hydrogen) atoms. The summed E-state index contributed by atoms with van der Waals surface area (Å²) in [5.41, 5.74) is 7.05. The number of imidazole rings is 1. The fourth-order valence-corrected chi connectivity index (χ4v) is 2.10. The van der Waals surface area contributed by atoms with Crippen molar-refractivity contribution in [3.8, 4) is 5.75 Å². The van der Waals surface area contributed by atoms with Crippen molar-refractivity contribution in [3.63, 3.8) is 0 Å². The third kappa shape index (κ3) is 2.53. The summed E-state index contributed by atoms with van der Waals surface area (Å²) in [5, 5.41) is 0.633. The zero-order valence-electron chi connectivity index (χ0n) is 10.8. The number of nitrogens with two attached hydrogens (primary N) is 1. The van der Waals surface area contributed by atoms with Crippen molar-refractivity contribution < 1.29 is 4.74 Å². The van der Waals surface area contributed by atoms with E-state index in [-0.39, 0.29) is 6.10 Å². The van der Waals surface area contributed by atoms with Crippen molar-refractivity contribution in [1.29, 1.82) is 0 Å². The van der Waals surface area contributed by atoms with Crippen LogP contribution in [0, 0.1) is 0 Å². The molecule has 2 heterocycles. The Labute approximate surface area is 120 Å². The molecule has 1 unspecified atom stereocenters. The lowest BCUT2D eigenvalue weighted by atomic mass is 10.3. The number of fused-ring (bicyclic) bond motifs is 1. The number of hydrogen-bond acceptors (Lipinski definition) is 4. The Morgan fingerprint density at radius 3 is 2.90 bits per heavy atom. The molecule has 0 spiro atoms. The van der Waals surface area contributed by atoms with Crippen LogP contribution in [0.4, 0.5) is 5.82 Å². The summed E-state index contributed by atoms with van der Waals surface area (Å²) < 4.78 is 5.80. The van der Waals surface area contributed by atoms with Crippen LogP contribution in [-0.4, -0.2) is 15.0 Å². The second-order valence-electron chi connectivity index (χ2n) is 4.45. The first kappa shape index (κ1) is 12.7. The molecule has 0 bridgehead atoms. The average molecular weight is 289 g/mol. The Morgan fingerprint density at radius 2 is 2.10 bits per heavy atom. The van der Waals surface area contributed by atoms with Crippen LogP contribution < -0.4 is 10.5 Å². The van der Waals surface area contributed by atoms with E-state index in [1.807, 2.05) is 25.1 Å². The summed E-state index contributed by atoms with van der Waals surface area (Å²) in [6.07, 6.45) is -0.246. The van der Waals surface area contributed by atoms with Crippen molar-refractivity contribution in [2.75, 3.05) is 5.73 Å². The number of ether oxygens (including phenoxy) is 1. The maximum Gasteiger partial charge on any atom is 0.179 e. The minimum Gasteiger partial charge on any atom is -0.483 e. The van der Waals surface area contributed by atoms with Crippen molar-refractivity contribution in [1.82, 2.24) is 15.0 Å². The number of nitrogen functional groups attached to an aromatic ring is 1. The lowest BCUT2D eigenvalue weighted by Gasteiger charge is -2.12. The molecule has 0 amide bonds. The molecule has 0 radical (unpaired) electrons. The summed E-state index contributed by atoms with van der Waals surface area (Å²) in [4.78, 5) is 11.7. The van der Waals surface area contributed by atoms with Crippen LogP contribution in [0.1, 0.15) is 18.9 Å². The minimum absolute atomic E-state index is 0.246. The van der Waals surface area contributed by atoms with Gasteiger partial charge in [-0.3, -0.25) is 0 Å². The molecule has 3 aromatic rings. The molecule has 1 atom stereocenters. The first-order valence-corrected chi connectivity index (χ1v) is 6.54. The molecule has 2 aromatic heterocycles. The summed E-state index contributed by atoms with van der Waals surface area (Å²) in [6.45, 7) is 1.90. The van der Waals surface area contributed by atoms with E-state index in [4.69, 9.17) is 22.1 Å². The predicted octanol–water partition coefficient (Wildman–Crippen LogP) is 3.33. The van der Waals surface area contributed by atoms with Crippen LogP contribution in [0.5, 0.6) is 5.75 Å². The van der Waals surface area contributed by atoms with Crippen molar-refractivity contribution in [3.05, 3.63) is 47.2 Å². The Morgan fingerprint density at radius 1 is 1.25 bits per heavy atom. The quantitative estimate of drug-likeness (QED) is 0.775. The Hall–Kier alpha value is -2.27. The normalized spacial score (nSPS) is 12.5. The molecule has 102 valence electrons. The first-order chi connectivity index (χ1) is 9.61. The lowest BCUT2D eigenvalue weighted by Crippen LogP contribution is -2.04. The van der Waals surface area contributed by atoms with Gasteiger partial charge < -0.3 is 15.5 Å². The number of aromatic nitrogens is 3. The zero-order valence-corrected chi connectivity index (χ0v) is 11.6.